The van der Waals surface area contributed by atoms with Crippen molar-refractivity contribution >= 4 is 40.0 Å². The normalized spacial score (nSPS) is 20.2. The van der Waals surface area contributed by atoms with Crippen LogP contribution < -0.4 is 0 Å². The zero-order valence-corrected chi connectivity index (χ0v) is 9.00. The second-order valence-electron chi connectivity index (χ2n) is 2.61. The van der Waals surface area contributed by atoms with Gasteiger partial charge in [-0.1, -0.05) is 30.1 Å². The van der Waals surface area contributed by atoms with Crippen LogP contribution in [0.3, 0.4) is 0 Å². The van der Waals surface area contributed by atoms with Crippen molar-refractivity contribution < 1.29 is 9.59 Å². The third-order valence-corrected chi connectivity index (χ3v) is 3.01. The molecule has 0 aliphatic carbocycles. The van der Waals surface area contributed by atoms with E-state index in [1.165, 1.54) is 23.6 Å². The number of nitrogens with zero attached hydrogens (tertiary/aromatic N) is 1. The highest BCUT2D eigenvalue weighted by Crippen LogP contribution is 2.30. The lowest BCUT2D eigenvalue weighted by Crippen LogP contribution is -2.32. The van der Waals surface area contributed by atoms with Crippen molar-refractivity contribution in [2.45, 2.75) is 13.8 Å². The van der Waals surface area contributed by atoms with E-state index in [0.29, 0.717) is 9.23 Å². The Morgan fingerprint density at radius 2 is 2.31 bits per heavy atom. The number of thioether (sulfide) groups is 1. The van der Waals surface area contributed by atoms with E-state index in [0.717, 1.165) is 0 Å². The van der Waals surface area contributed by atoms with Crippen LogP contribution in [0.4, 0.5) is 0 Å². The summed E-state index contributed by atoms with van der Waals surface area (Å²) in [5.74, 6) is -0.221. The summed E-state index contributed by atoms with van der Waals surface area (Å²) in [5.41, 5.74) is 0. The highest BCUT2D eigenvalue weighted by Gasteiger charge is 2.31. The molecule has 0 spiro atoms. The van der Waals surface area contributed by atoms with Gasteiger partial charge in [-0.05, 0) is 13.8 Å². The second kappa shape index (κ2) is 4.02. The Morgan fingerprint density at radius 1 is 1.69 bits per heavy atom. The minimum atomic E-state index is -0.160. The standard InChI is InChI=1S/C8H9NO2S2/c1-3-6-7(11)9(4-5(2)10)8(12)13-6/h3H,4H2,1-2H3/b6-3+. The smallest absolute Gasteiger partial charge is 0.266 e. The van der Waals surface area contributed by atoms with Gasteiger partial charge < -0.3 is 0 Å². The molecule has 0 saturated carbocycles. The molecule has 5 heteroatoms. The molecule has 0 N–H and O–H groups in total. The van der Waals surface area contributed by atoms with Crippen molar-refractivity contribution in [1.29, 1.82) is 0 Å². The van der Waals surface area contributed by atoms with E-state index in [1.807, 2.05) is 0 Å². The predicted molar refractivity (Wildman–Crippen MR) is 56.3 cm³/mol. The van der Waals surface area contributed by atoms with Crippen LogP contribution in [-0.4, -0.2) is 27.5 Å². The molecule has 0 aromatic heterocycles. The van der Waals surface area contributed by atoms with Gasteiger partial charge in [-0.3, -0.25) is 14.5 Å². The summed E-state index contributed by atoms with van der Waals surface area (Å²) in [6, 6.07) is 0. The molecule has 0 radical (unpaired) electrons. The van der Waals surface area contributed by atoms with Crippen LogP contribution in [0.15, 0.2) is 11.0 Å². The van der Waals surface area contributed by atoms with Crippen molar-refractivity contribution in [3.8, 4) is 0 Å². The second-order valence-corrected chi connectivity index (χ2v) is 4.29. The first-order valence-electron chi connectivity index (χ1n) is 3.75. The topological polar surface area (TPSA) is 37.4 Å². The first kappa shape index (κ1) is 10.4. The largest absolute Gasteiger partial charge is 0.298 e. The maximum atomic E-state index is 11.5. The van der Waals surface area contributed by atoms with Crippen LogP contribution in [0, 0.1) is 0 Å². The molecule has 0 unspecified atom stereocenters. The molecule has 13 heavy (non-hydrogen) atoms. The molecule has 1 aliphatic rings. The molecule has 0 bridgehead atoms. The molecule has 0 atom stereocenters. The van der Waals surface area contributed by atoms with Crippen LogP contribution in [0.1, 0.15) is 13.8 Å². The lowest BCUT2D eigenvalue weighted by molar-refractivity contribution is -0.126. The minimum absolute atomic E-state index is 0.0614. The summed E-state index contributed by atoms with van der Waals surface area (Å²) in [6.07, 6.45) is 1.71. The number of thiocarbonyl (C=S) groups is 1. The van der Waals surface area contributed by atoms with E-state index in [4.69, 9.17) is 12.2 Å². The number of carbonyl (C=O) groups excluding carboxylic acids is 2. The summed E-state index contributed by atoms with van der Waals surface area (Å²) >= 11 is 6.19. The number of ketones is 1. The highest BCUT2D eigenvalue weighted by molar-refractivity contribution is 8.26. The van der Waals surface area contributed by atoms with E-state index in [-0.39, 0.29) is 18.2 Å². The van der Waals surface area contributed by atoms with Crippen molar-refractivity contribution in [3.05, 3.63) is 11.0 Å². The molecule has 0 aromatic rings. The van der Waals surface area contributed by atoms with Crippen molar-refractivity contribution in [2.24, 2.45) is 0 Å². The number of allylic oxidation sites excluding steroid dienone is 1. The number of rotatable bonds is 2. The van der Waals surface area contributed by atoms with Gasteiger partial charge in [-0.25, -0.2) is 0 Å². The van der Waals surface area contributed by atoms with E-state index in [1.54, 1.807) is 13.0 Å². The van der Waals surface area contributed by atoms with Gasteiger partial charge in [-0.15, -0.1) is 0 Å². The van der Waals surface area contributed by atoms with E-state index >= 15 is 0 Å². The van der Waals surface area contributed by atoms with Gasteiger partial charge >= 0.3 is 0 Å². The fraction of sp³-hybridized carbons (Fsp3) is 0.375. The predicted octanol–water partition coefficient (Wildman–Crippen LogP) is 1.34. The van der Waals surface area contributed by atoms with Crippen molar-refractivity contribution in [3.63, 3.8) is 0 Å². The molecular weight excluding hydrogens is 206 g/mol. The molecule has 1 fully saturated rings. The molecular formula is C8H9NO2S2. The van der Waals surface area contributed by atoms with Gasteiger partial charge in [0.15, 0.2) is 0 Å². The third-order valence-electron chi connectivity index (χ3n) is 1.52. The fourth-order valence-electron chi connectivity index (χ4n) is 0.950. The van der Waals surface area contributed by atoms with Gasteiger partial charge in [-0.2, -0.15) is 0 Å². The Labute approximate surface area is 86.2 Å². The van der Waals surface area contributed by atoms with Gasteiger partial charge in [0, 0.05) is 0 Å². The summed E-state index contributed by atoms with van der Waals surface area (Å²) < 4.78 is 0.466. The molecule has 3 nitrogen and oxygen atoms in total. The van der Waals surface area contributed by atoms with Crippen LogP contribution in [0.2, 0.25) is 0 Å². The monoisotopic (exact) mass is 215 g/mol. The van der Waals surface area contributed by atoms with E-state index in [2.05, 4.69) is 0 Å². The van der Waals surface area contributed by atoms with Gasteiger partial charge in [0.1, 0.15) is 10.1 Å². The van der Waals surface area contributed by atoms with Crippen molar-refractivity contribution in [2.75, 3.05) is 6.54 Å². The van der Waals surface area contributed by atoms with Crippen molar-refractivity contribution in [1.82, 2.24) is 4.90 Å². The Morgan fingerprint density at radius 3 is 2.69 bits per heavy atom. The SMILES string of the molecule is C/C=C1/SC(=S)N(CC(C)=O)C1=O. The summed E-state index contributed by atoms with van der Waals surface area (Å²) in [7, 11) is 0. The van der Waals surface area contributed by atoms with E-state index < -0.39 is 0 Å². The molecule has 70 valence electrons. The summed E-state index contributed by atoms with van der Waals surface area (Å²) in [4.78, 5) is 24.2. The molecule has 1 amide bonds. The number of carbonyl (C=O) groups is 2. The number of amides is 1. The Kier molecular flexibility index (Phi) is 3.22. The number of hydrogen-bond acceptors (Lipinski definition) is 4. The number of hydrogen-bond donors (Lipinski definition) is 0. The van der Waals surface area contributed by atoms with Crippen LogP contribution in [0.25, 0.3) is 0 Å². The van der Waals surface area contributed by atoms with Crippen LogP contribution in [-0.2, 0) is 9.59 Å². The highest BCUT2D eigenvalue weighted by atomic mass is 32.2. The molecule has 0 aromatic carbocycles. The maximum absolute atomic E-state index is 11.5. The Hall–Kier alpha value is -0.680. The average molecular weight is 215 g/mol. The van der Waals surface area contributed by atoms with Gasteiger partial charge in [0.05, 0.1) is 11.4 Å². The Balaban J connectivity index is 2.82. The molecule has 1 heterocycles. The maximum Gasteiger partial charge on any atom is 0.266 e. The summed E-state index contributed by atoms with van der Waals surface area (Å²) in [6.45, 7) is 3.30. The first-order chi connectivity index (χ1) is 6.06. The van der Waals surface area contributed by atoms with E-state index in [9.17, 15) is 9.59 Å². The molecule has 1 rings (SSSR count). The molecule has 1 aliphatic heterocycles. The Bertz CT molecular complexity index is 309. The lowest BCUT2D eigenvalue weighted by atomic mass is 10.4. The van der Waals surface area contributed by atoms with Crippen LogP contribution in [0.5, 0.6) is 0 Å². The number of Topliss-reactive ketones (excluding diaryl/α,β-unsaturated/α-hetero) is 1. The summed E-state index contributed by atoms with van der Waals surface area (Å²) in [5, 5.41) is 0. The quantitative estimate of drug-likeness (QED) is 0.514. The zero-order valence-electron chi connectivity index (χ0n) is 7.36. The van der Waals surface area contributed by atoms with Gasteiger partial charge in [0.25, 0.3) is 5.91 Å². The lowest BCUT2D eigenvalue weighted by Gasteiger charge is -2.10. The first-order valence-corrected chi connectivity index (χ1v) is 4.98. The van der Waals surface area contributed by atoms with Crippen LogP contribution >= 0.6 is 24.0 Å². The average Bonchev–Trinajstić information content (AvgIpc) is 2.31. The third kappa shape index (κ3) is 2.16. The zero-order chi connectivity index (χ0) is 10.0. The fourth-order valence-corrected chi connectivity index (χ4v) is 2.13. The minimum Gasteiger partial charge on any atom is -0.298 e. The molecule has 1 saturated heterocycles. The van der Waals surface area contributed by atoms with Gasteiger partial charge in [0.2, 0.25) is 0 Å².